The number of aliphatic hydroxyl groups excluding tert-OH is 2. The second kappa shape index (κ2) is 16.6. The number of hydrogen-bond acceptors (Lipinski definition) is 11. The summed E-state index contributed by atoms with van der Waals surface area (Å²) in [6.45, 7) is 16.3. The van der Waals surface area contributed by atoms with E-state index in [1.807, 2.05) is 31.2 Å². The average Bonchev–Trinajstić information content (AvgIpc) is 3.04. The lowest BCUT2D eigenvalue weighted by Crippen LogP contribution is -2.73. The largest absolute Gasteiger partial charge is 0.491 e. The Balaban J connectivity index is 1.29. The molecule has 0 radical (unpaired) electrons. The first-order chi connectivity index (χ1) is 22.7. The van der Waals surface area contributed by atoms with Gasteiger partial charge in [-0.25, -0.2) is 0 Å². The lowest BCUT2D eigenvalue weighted by Gasteiger charge is -2.58. The third kappa shape index (κ3) is 9.68. The quantitative estimate of drug-likeness (QED) is 0.116. The Morgan fingerprint density at radius 1 is 0.938 bits per heavy atom. The number of aliphatic hydroxyl groups is 2. The van der Waals surface area contributed by atoms with Gasteiger partial charge in [-0.2, -0.15) is 5.48 Å². The third-order valence-corrected chi connectivity index (χ3v) is 9.83. The van der Waals surface area contributed by atoms with Gasteiger partial charge in [0.15, 0.2) is 0 Å². The second-order valence-electron chi connectivity index (χ2n) is 15.0. The molecule has 2 aliphatic rings. The molecule has 7 N–H and O–H groups in total. The summed E-state index contributed by atoms with van der Waals surface area (Å²) >= 11 is 0. The second-order valence-corrected chi connectivity index (χ2v) is 15.0. The summed E-state index contributed by atoms with van der Waals surface area (Å²) in [4.78, 5) is 5.34. The average molecular weight is 673 g/mol. The Kier molecular flexibility index (Phi) is 13.3. The number of nitrogens with one attached hydrogen (secondary N) is 3. The van der Waals surface area contributed by atoms with Crippen LogP contribution in [0.3, 0.4) is 0 Å². The molecule has 0 spiro atoms. The van der Waals surface area contributed by atoms with Gasteiger partial charge in [0.1, 0.15) is 36.9 Å². The van der Waals surface area contributed by atoms with Gasteiger partial charge in [-0.3, -0.25) is 4.84 Å². The maximum atomic E-state index is 10.9. The van der Waals surface area contributed by atoms with E-state index in [9.17, 15) is 10.2 Å². The van der Waals surface area contributed by atoms with E-state index in [0.717, 1.165) is 29.7 Å². The Hall–Kier alpha value is -2.32. The molecule has 2 aromatic carbocycles. The minimum Gasteiger partial charge on any atom is -0.491 e. The molecule has 2 aliphatic heterocycles. The molecule has 7 unspecified atom stereocenters. The minimum atomic E-state index is -0.705. The van der Waals surface area contributed by atoms with Crippen molar-refractivity contribution in [1.82, 2.24) is 16.1 Å². The van der Waals surface area contributed by atoms with Gasteiger partial charge in [0.2, 0.25) is 0 Å². The molecule has 0 aliphatic carbocycles. The summed E-state index contributed by atoms with van der Waals surface area (Å²) in [5.41, 5.74) is 10.4. The van der Waals surface area contributed by atoms with E-state index in [-0.39, 0.29) is 47.3 Å². The fourth-order valence-electron chi connectivity index (χ4n) is 6.87. The van der Waals surface area contributed by atoms with E-state index in [1.165, 1.54) is 0 Å². The molecule has 2 heterocycles. The van der Waals surface area contributed by atoms with Gasteiger partial charge in [-0.05, 0) is 76.1 Å². The Morgan fingerprint density at radius 3 is 1.90 bits per heavy atom. The molecule has 0 aromatic heterocycles. The number of hydrogen-bond donors (Lipinski definition) is 6. The maximum absolute atomic E-state index is 10.9. The van der Waals surface area contributed by atoms with Crippen LogP contribution in [0, 0.1) is 5.41 Å². The van der Waals surface area contributed by atoms with Crippen molar-refractivity contribution in [2.24, 2.45) is 11.1 Å². The first-order valence-electron chi connectivity index (χ1n) is 17.3. The van der Waals surface area contributed by atoms with Gasteiger partial charge in [-0.1, -0.05) is 45.0 Å². The van der Waals surface area contributed by atoms with Gasteiger partial charge < -0.3 is 45.5 Å². The Labute approximate surface area is 287 Å². The fraction of sp³-hybridized carbons (Fsp3) is 0.676. The van der Waals surface area contributed by atoms with Gasteiger partial charge in [-0.15, -0.1) is 0 Å². The van der Waals surface area contributed by atoms with Crippen molar-refractivity contribution >= 4 is 0 Å². The Bertz CT molecular complexity index is 1260. The summed E-state index contributed by atoms with van der Waals surface area (Å²) in [6.07, 6.45) is 0.331. The standard InChI is InChI=1S/C37H60N4O7/c1-8-37(25-44-19-26(2)38,22-35(5)23-48-41-35)33-36(6,24-47-33)40-18-30(43)21-46-32-15-11-28(12-16-32)34(3,4)27-9-13-31(14-10-27)45-20-29(42)17-39-7/h9-16,26,29-30,33,39-43H,8,17-25,38H2,1-7H3. The summed E-state index contributed by atoms with van der Waals surface area (Å²) in [5, 5.41) is 27.3. The molecule has 2 saturated heterocycles. The van der Waals surface area contributed by atoms with Crippen molar-refractivity contribution in [2.45, 2.75) is 95.2 Å². The minimum absolute atomic E-state index is 0.0433. The van der Waals surface area contributed by atoms with Crippen LogP contribution in [0.1, 0.15) is 65.5 Å². The number of ether oxygens (including phenoxy) is 4. The fourth-order valence-corrected chi connectivity index (χ4v) is 6.87. The number of rotatable bonds is 21. The molecule has 4 rings (SSSR count). The third-order valence-electron chi connectivity index (χ3n) is 9.83. The van der Waals surface area contributed by atoms with Gasteiger partial charge >= 0.3 is 0 Å². The molecule has 0 bridgehead atoms. The van der Waals surface area contributed by atoms with Crippen LogP contribution < -0.4 is 31.3 Å². The van der Waals surface area contributed by atoms with Gasteiger partial charge in [0.05, 0.1) is 43.6 Å². The lowest BCUT2D eigenvalue weighted by atomic mass is 9.63. The smallest absolute Gasteiger partial charge is 0.119 e. The van der Waals surface area contributed by atoms with Gasteiger partial charge in [0.25, 0.3) is 0 Å². The topological polar surface area (TPSA) is 149 Å². The zero-order valence-corrected chi connectivity index (χ0v) is 30.0. The number of β-amino-alcohol motifs (C(OH)–C–C–N with tert-alkyl or cyclic N) is 1. The van der Waals surface area contributed by atoms with Crippen molar-refractivity contribution in [3.63, 3.8) is 0 Å². The molecule has 48 heavy (non-hydrogen) atoms. The summed E-state index contributed by atoms with van der Waals surface area (Å²) in [6, 6.07) is 16.0. The van der Waals surface area contributed by atoms with Crippen LogP contribution in [0.5, 0.6) is 11.5 Å². The van der Waals surface area contributed by atoms with E-state index in [0.29, 0.717) is 45.3 Å². The van der Waals surface area contributed by atoms with E-state index in [2.05, 4.69) is 75.0 Å². The molecule has 270 valence electrons. The molecular weight excluding hydrogens is 612 g/mol. The van der Waals surface area contributed by atoms with Crippen molar-refractivity contribution in [3.8, 4) is 11.5 Å². The highest BCUT2D eigenvalue weighted by molar-refractivity contribution is 5.41. The van der Waals surface area contributed by atoms with E-state index < -0.39 is 12.2 Å². The molecule has 2 aromatic rings. The number of hydroxylamine groups is 1. The zero-order chi connectivity index (χ0) is 35.0. The van der Waals surface area contributed by atoms with Crippen LogP contribution in [0.4, 0.5) is 0 Å². The molecule has 11 heteroatoms. The number of nitrogens with two attached hydrogens (primary N) is 1. The van der Waals surface area contributed by atoms with Crippen molar-refractivity contribution in [1.29, 1.82) is 0 Å². The normalized spacial score (nSPS) is 25.7. The van der Waals surface area contributed by atoms with E-state index in [4.69, 9.17) is 29.5 Å². The molecule has 11 nitrogen and oxygen atoms in total. The predicted octanol–water partition coefficient (Wildman–Crippen LogP) is 2.90. The monoisotopic (exact) mass is 672 g/mol. The zero-order valence-electron chi connectivity index (χ0n) is 30.0. The first-order valence-corrected chi connectivity index (χ1v) is 17.3. The SMILES string of the molecule is CCC(COCC(C)N)(CC1(C)CON1)C1OCC1(C)NCC(O)COc1ccc(C(C)(C)c2ccc(OCC(O)CNC)cc2)cc1. The van der Waals surface area contributed by atoms with Crippen molar-refractivity contribution in [2.75, 3.05) is 59.8 Å². The maximum Gasteiger partial charge on any atom is 0.119 e. The molecule has 0 amide bonds. The van der Waals surface area contributed by atoms with E-state index >= 15 is 0 Å². The van der Waals surface area contributed by atoms with Crippen LogP contribution in [-0.2, 0) is 19.7 Å². The first kappa shape index (κ1) is 38.5. The molecule has 7 atom stereocenters. The van der Waals surface area contributed by atoms with Crippen molar-refractivity contribution < 1.29 is 34.0 Å². The highest BCUT2D eigenvalue weighted by Gasteiger charge is 2.58. The van der Waals surface area contributed by atoms with E-state index in [1.54, 1.807) is 7.05 Å². The summed E-state index contributed by atoms with van der Waals surface area (Å²) in [5.74, 6) is 1.43. The van der Waals surface area contributed by atoms with Crippen molar-refractivity contribution in [3.05, 3.63) is 59.7 Å². The predicted molar refractivity (Wildman–Crippen MR) is 187 cm³/mol. The highest BCUT2D eigenvalue weighted by Crippen LogP contribution is 2.47. The van der Waals surface area contributed by atoms with Crippen LogP contribution in [0.15, 0.2) is 48.5 Å². The van der Waals surface area contributed by atoms with Crippen LogP contribution in [0.25, 0.3) is 0 Å². The van der Waals surface area contributed by atoms with Crippen LogP contribution in [-0.4, -0.2) is 105 Å². The number of benzene rings is 2. The summed E-state index contributed by atoms with van der Waals surface area (Å²) in [7, 11) is 1.80. The molecule has 2 fully saturated rings. The Morgan fingerprint density at radius 2 is 1.48 bits per heavy atom. The van der Waals surface area contributed by atoms with Gasteiger partial charge in [0, 0.05) is 30.0 Å². The molecule has 0 saturated carbocycles. The van der Waals surface area contributed by atoms with Crippen LogP contribution >= 0.6 is 0 Å². The molecular formula is C37H60N4O7. The lowest BCUT2D eigenvalue weighted by molar-refractivity contribution is -0.241. The summed E-state index contributed by atoms with van der Waals surface area (Å²) < 4.78 is 24.1. The highest BCUT2D eigenvalue weighted by atomic mass is 16.7. The number of likely N-dealkylation sites (N-methyl/N-ethyl adjacent to an activating group) is 1. The van der Waals surface area contributed by atoms with Crippen LogP contribution in [0.2, 0.25) is 0 Å².